The Bertz CT molecular complexity index is 587. The van der Waals surface area contributed by atoms with Crippen molar-refractivity contribution in [1.82, 2.24) is 4.90 Å². The topological polar surface area (TPSA) is 77.5 Å². The lowest BCUT2D eigenvalue weighted by Gasteiger charge is -2.31. The Labute approximate surface area is 164 Å². The molecule has 27 heavy (non-hydrogen) atoms. The molecule has 0 spiro atoms. The predicted octanol–water partition coefficient (Wildman–Crippen LogP) is 2.33. The molecule has 1 amide bonds. The Kier molecular flexibility index (Phi) is 9.23. The lowest BCUT2D eigenvalue weighted by atomic mass is 9.99. The third kappa shape index (κ3) is 6.58. The Balaban J connectivity index is 2.07. The summed E-state index contributed by atoms with van der Waals surface area (Å²) >= 11 is 1.65. The number of thiophene rings is 1. The van der Waals surface area contributed by atoms with E-state index in [0.29, 0.717) is 19.4 Å². The molecule has 2 heterocycles. The molecule has 0 fully saturated rings. The molecular formula is C19H29NO6S. The zero-order valence-corrected chi connectivity index (χ0v) is 16.9. The van der Waals surface area contributed by atoms with Gasteiger partial charge in [-0.3, -0.25) is 4.79 Å². The number of ether oxygens (including phenoxy) is 4. The molecule has 0 saturated heterocycles. The number of allylic oxidation sites excluding steroid dienone is 1. The maximum atomic E-state index is 12.8. The van der Waals surface area contributed by atoms with Crippen LogP contribution in [0.5, 0.6) is 0 Å². The van der Waals surface area contributed by atoms with Gasteiger partial charge in [-0.05, 0) is 30.4 Å². The number of carbonyl (C=O) groups excluding carboxylic acids is 1. The van der Waals surface area contributed by atoms with Gasteiger partial charge in [-0.2, -0.15) is 0 Å². The number of likely N-dealkylation sites (N-methyl/N-ethyl adjacent to an activating group) is 1. The van der Waals surface area contributed by atoms with E-state index in [2.05, 4.69) is 6.07 Å². The van der Waals surface area contributed by atoms with Crippen molar-refractivity contribution in [2.75, 3.05) is 41.0 Å². The molecule has 8 heteroatoms. The molecule has 1 aliphatic heterocycles. The van der Waals surface area contributed by atoms with Crippen LogP contribution in [0.3, 0.4) is 0 Å². The summed E-state index contributed by atoms with van der Waals surface area (Å²) in [6, 6.07) is 4.05. The maximum Gasteiger partial charge on any atom is 0.288 e. The molecule has 0 unspecified atom stereocenters. The van der Waals surface area contributed by atoms with Gasteiger partial charge in [0, 0.05) is 45.1 Å². The van der Waals surface area contributed by atoms with Crippen molar-refractivity contribution >= 4 is 17.2 Å². The summed E-state index contributed by atoms with van der Waals surface area (Å²) in [6.45, 7) is 0.911. The van der Waals surface area contributed by atoms with Crippen LogP contribution in [0.4, 0.5) is 0 Å². The van der Waals surface area contributed by atoms with E-state index in [1.165, 1.54) is 24.0 Å². The fourth-order valence-electron chi connectivity index (χ4n) is 2.78. The van der Waals surface area contributed by atoms with Crippen molar-refractivity contribution in [3.63, 3.8) is 0 Å². The summed E-state index contributed by atoms with van der Waals surface area (Å²) < 4.78 is 22.0. The third-order valence-corrected chi connectivity index (χ3v) is 5.33. The van der Waals surface area contributed by atoms with Gasteiger partial charge in [0.2, 0.25) is 6.29 Å². The molecule has 1 aliphatic rings. The van der Waals surface area contributed by atoms with Crippen LogP contribution in [-0.2, 0) is 23.7 Å². The number of aliphatic hydroxyl groups is 1. The monoisotopic (exact) mass is 399 g/mol. The average molecular weight is 400 g/mol. The highest BCUT2D eigenvalue weighted by Crippen LogP contribution is 2.34. The molecule has 0 saturated carbocycles. The van der Waals surface area contributed by atoms with Crippen LogP contribution in [0.2, 0.25) is 0 Å². The number of amides is 1. The first kappa shape index (κ1) is 21.8. The van der Waals surface area contributed by atoms with E-state index in [9.17, 15) is 4.79 Å². The van der Waals surface area contributed by atoms with Crippen LogP contribution in [0.15, 0.2) is 29.3 Å². The Morgan fingerprint density at radius 1 is 1.41 bits per heavy atom. The molecule has 1 aromatic rings. The van der Waals surface area contributed by atoms with Crippen molar-refractivity contribution < 1.29 is 28.8 Å². The molecule has 2 rings (SSSR count). The van der Waals surface area contributed by atoms with Crippen LogP contribution in [0, 0.1) is 0 Å². The smallest absolute Gasteiger partial charge is 0.288 e. The molecule has 152 valence electrons. The van der Waals surface area contributed by atoms with Gasteiger partial charge >= 0.3 is 0 Å². The number of rotatable bonds is 11. The fourth-order valence-corrected chi connectivity index (χ4v) is 3.59. The summed E-state index contributed by atoms with van der Waals surface area (Å²) in [6.07, 6.45) is 2.96. The lowest BCUT2D eigenvalue weighted by Crippen LogP contribution is -2.39. The first-order chi connectivity index (χ1) is 13.1. The second-order valence-corrected chi connectivity index (χ2v) is 7.30. The van der Waals surface area contributed by atoms with Crippen molar-refractivity contribution in [2.24, 2.45) is 0 Å². The van der Waals surface area contributed by atoms with Crippen molar-refractivity contribution in [3.8, 4) is 0 Å². The van der Waals surface area contributed by atoms with Crippen LogP contribution < -0.4 is 0 Å². The molecule has 0 aromatic carbocycles. The van der Waals surface area contributed by atoms with E-state index in [-0.39, 0.29) is 30.7 Å². The van der Waals surface area contributed by atoms with E-state index < -0.39 is 12.6 Å². The van der Waals surface area contributed by atoms with Gasteiger partial charge < -0.3 is 29.0 Å². The Morgan fingerprint density at radius 3 is 2.81 bits per heavy atom. The minimum atomic E-state index is -0.498. The van der Waals surface area contributed by atoms with Gasteiger partial charge in [-0.25, -0.2) is 0 Å². The zero-order chi connectivity index (χ0) is 19.6. The number of nitrogens with zero attached hydrogens (tertiary/aromatic N) is 1. The first-order valence-electron chi connectivity index (χ1n) is 9.04. The summed E-state index contributed by atoms with van der Waals surface area (Å²) in [5, 5.41) is 10.9. The summed E-state index contributed by atoms with van der Waals surface area (Å²) in [5.74, 6) is 0.106. The first-order valence-corrected chi connectivity index (χ1v) is 9.92. The van der Waals surface area contributed by atoms with Gasteiger partial charge in [0.05, 0.1) is 13.2 Å². The molecule has 0 bridgehead atoms. The lowest BCUT2D eigenvalue weighted by molar-refractivity contribution is -0.158. The van der Waals surface area contributed by atoms with Crippen LogP contribution in [0.1, 0.15) is 30.1 Å². The number of carbonyl (C=O) groups is 1. The number of aliphatic hydroxyl groups excluding tert-OH is 1. The second kappa shape index (κ2) is 11.4. The van der Waals surface area contributed by atoms with Crippen molar-refractivity contribution in [2.45, 2.75) is 37.8 Å². The Hall–Kier alpha value is -1.45. The van der Waals surface area contributed by atoms with Gasteiger partial charge in [-0.15, -0.1) is 11.3 Å². The van der Waals surface area contributed by atoms with Crippen LogP contribution in [0.25, 0.3) is 0 Å². The van der Waals surface area contributed by atoms with Gasteiger partial charge in [-0.1, -0.05) is 6.07 Å². The van der Waals surface area contributed by atoms with E-state index in [1.54, 1.807) is 18.4 Å². The number of hydrogen-bond acceptors (Lipinski definition) is 7. The van der Waals surface area contributed by atoms with E-state index in [4.69, 9.17) is 24.1 Å². The molecule has 1 N–H and O–H groups in total. The molecule has 7 nitrogen and oxygen atoms in total. The summed E-state index contributed by atoms with van der Waals surface area (Å²) in [7, 11) is 4.75. The highest BCUT2D eigenvalue weighted by molar-refractivity contribution is 7.10. The maximum absolute atomic E-state index is 12.8. The quantitative estimate of drug-likeness (QED) is 0.455. The molecule has 2 atom stereocenters. The zero-order valence-electron chi connectivity index (χ0n) is 16.1. The number of hydrogen-bond donors (Lipinski definition) is 1. The standard InChI is InChI=1S/C19H29NO6S/c1-20(13-18(23-2)24-3)19(22)15-11-14(16-7-6-10-27-16)12-17(26-15)25-9-5-4-8-21/h6-7,10-11,14,17-18,21H,4-5,8-9,12-13H2,1-3H3/t14-,17+/m0/s1. The minimum absolute atomic E-state index is 0.0644. The van der Waals surface area contributed by atoms with Crippen LogP contribution >= 0.6 is 11.3 Å². The third-order valence-electron chi connectivity index (χ3n) is 4.33. The number of methoxy groups -OCH3 is 2. The molecule has 1 aromatic heterocycles. The minimum Gasteiger partial charge on any atom is -0.459 e. The Morgan fingerprint density at radius 2 is 2.19 bits per heavy atom. The van der Waals surface area contributed by atoms with Crippen molar-refractivity contribution in [3.05, 3.63) is 34.2 Å². The van der Waals surface area contributed by atoms with Gasteiger partial charge in [0.25, 0.3) is 5.91 Å². The van der Waals surface area contributed by atoms with E-state index >= 15 is 0 Å². The summed E-state index contributed by atoms with van der Waals surface area (Å²) in [5.41, 5.74) is 0. The van der Waals surface area contributed by atoms with E-state index in [1.807, 2.05) is 17.5 Å². The normalized spacial score (nSPS) is 19.7. The van der Waals surface area contributed by atoms with E-state index in [0.717, 1.165) is 6.42 Å². The predicted molar refractivity (Wildman–Crippen MR) is 102 cm³/mol. The van der Waals surface area contributed by atoms with Gasteiger partial charge in [0.15, 0.2) is 12.0 Å². The average Bonchev–Trinajstić information content (AvgIpc) is 3.23. The largest absolute Gasteiger partial charge is 0.459 e. The van der Waals surface area contributed by atoms with Crippen LogP contribution in [-0.4, -0.2) is 69.5 Å². The van der Waals surface area contributed by atoms with Gasteiger partial charge in [0.1, 0.15) is 0 Å². The fraction of sp³-hybridized carbons (Fsp3) is 0.632. The van der Waals surface area contributed by atoms with Crippen molar-refractivity contribution in [1.29, 1.82) is 0 Å². The molecule has 0 aliphatic carbocycles. The molecule has 0 radical (unpaired) electrons. The highest BCUT2D eigenvalue weighted by Gasteiger charge is 2.31. The highest BCUT2D eigenvalue weighted by atomic mass is 32.1. The summed E-state index contributed by atoms with van der Waals surface area (Å²) in [4.78, 5) is 15.5. The number of unbranched alkanes of at least 4 members (excludes halogenated alkanes) is 1. The molecular weight excluding hydrogens is 370 g/mol. The SMILES string of the molecule is COC(CN(C)C(=O)C1=C[C@H](c2cccs2)C[C@H](OCCCCO)O1)OC. The second-order valence-electron chi connectivity index (χ2n) is 6.32.